The highest BCUT2D eigenvalue weighted by Gasteiger charge is 2.26. The lowest BCUT2D eigenvalue weighted by molar-refractivity contribution is -0.0437. The van der Waals surface area contributed by atoms with Crippen molar-refractivity contribution in [3.8, 4) is 12.3 Å². The Hall–Kier alpha value is -0.560. The van der Waals surface area contributed by atoms with Crippen LogP contribution in [0.3, 0.4) is 0 Å². The first kappa shape index (κ1) is 12.5. The van der Waals surface area contributed by atoms with Gasteiger partial charge in [0.25, 0.3) is 0 Å². The summed E-state index contributed by atoms with van der Waals surface area (Å²) in [5, 5.41) is 3.40. The summed E-state index contributed by atoms with van der Waals surface area (Å²) in [4.78, 5) is 2.41. The van der Waals surface area contributed by atoms with Gasteiger partial charge in [-0.15, -0.1) is 12.3 Å². The smallest absolute Gasteiger partial charge is 0.0864 e. The van der Waals surface area contributed by atoms with E-state index < -0.39 is 0 Å². The van der Waals surface area contributed by atoms with Crippen molar-refractivity contribution in [3.63, 3.8) is 0 Å². The maximum absolute atomic E-state index is 5.78. The fourth-order valence-corrected chi connectivity index (χ4v) is 1.99. The molecule has 0 radical (unpaired) electrons. The lowest BCUT2D eigenvalue weighted by Gasteiger charge is -2.36. The highest BCUT2D eigenvalue weighted by molar-refractivity contribution is 4.94. The molecular weight excluding hydrogens is 188 g/mol. The highest BCUT2D eigenvalue weighted by atomic mass is 16.5. The van der Waals surface area contributed by atoms with E-state index in [9.17, 15) is 0 Å². The third-order valence-corrected chi connectivity index (χ3v) is 2.88. The predicted molar refractivity (Wildman–Crippen MR) is 62.8 cm³/mol. The average Bonchev–Trinajstić information content (AvgIpc) is 2.29. The molecule has 2 unspecified atom stereocenters. The van der Waals surface area contributed by atoms with Crippen LogP contribution in [0.25, 0.3) is 0 Å². The lowest BCUT2D eigenvalue weighted by Crippen LogP contribution is -2.52. The van der Waals surface area contributed by atoms with Crippen molar-refractivity contribution in [2.24, 2.45) is 0 Å². The van der Waals surface area contributed by atoms with Gasteiger partial charge >= 0.3 is 0 Å². The number of terminal acetylenes is 1. The van der Waals surface area contributed by atoms with Gasteiger partial charge in [0, 0.05) is 25.6 Å². The van der Waals surface area contributed by atoms with Crippen molar-refractivity contribution in [3.05, 3.63) is 0 Å². The van der Waals surface area contributed by atoms with Gasteiger partial charge < -0.3 is 10.1 Å². The summed E-state index contributed by atoms with van der Waals surface area (Å²) < 4.78 is 5.78. The number of hydrogen-bond donors (Lipinski definition) is 1. The summed E-state index contributed by atoms with van der Waals surface area (Å²) in [5.41, 5.74) is 0. The zero-order valence-electron chi connectivity index (χ0n) is 9.83. The van der Waals surface area contributed by atoms with Crippen LogP contribution in [-0.2, 0) is 4.74 Å². The molecule has 0 amide bonds. The first-order valence-corrected chi connectivity index (χ1v) is 5.82. The topological polar surface area (TPSA) is 24.5 Å². The minimum absolute atomic E-state index is 0.245. The minimum Gasteiger partial charge on any atom is -0.374 e. The normalized spacial score (nSPS) is 24.7. The lowest BCUT2D eigenvalue weighted by atomic mass is 10.1. The molecule has 0 aromatic heterocycles. The summed E-state index contributed by atoms with van der Waals surface area (Å²) in [7, 11) is 0. The number of ether oxygens (including phenoxy) is 1. The summed E-state index contributed by atoms with van der Waals surface area (Å²) in [5.74, 6) is 2.72. The zero-order chi connectivity index (χ0) is 11.1. The van der Waals surface area contributed by atoms with Crippen molar-refractivity contribution in [2.75, 3.05) is 32.8 Å². The van der Waals surface area contributed by atoms with Crippen molar-refractivity contribution >= 4 is 0 Å². The molecule has 1 aliphatic heterocycles. The second-order valence-electron chi connectivity index (χ2n) is 3.87. The van der Waals surface area contributed by atoms with Gasteiger partial charge in [0.1, 0.15) is 0 Å². The summed E-state index contributed by atoms with van der Waals surface area (Å²) in [6.07, 6.45) is 6.37. The largest absolute Gasteiger partial charge is 0.374 e. The van der Waals surface area contributed by atoms with Gasteiger partial charge in [-0.1, -0.05) is 13.8 Å². The molecule has 1 aliphatic rings. The van der Waals surface area contributed by atoms with E-state index in [-0.39, 0.29) is 6.10 Å². The Labute approximate surface area is 93.2 Å². The number of morpholine rings is 1. The molecule has 2 atom stereocenters. The van der Waals surface area contributed by atoms with E-state index in [4.69, 9.17) is 11.2 Å². The summed E-state index contributed by atoms with van der Waals surface area (Å²) in [6, 6.07) is 0.300. The molecular formula is C12H22N2O. The molecule has 0 bridgehead atoms. The molecule has 0 saturated carbocycles. The van der Waals surface area contributed by atoms with Gasteiger partial charge in [0.15, 0.2) is 0 Å². The van der Waals surface area contributed by atoms with Crippen molar-refractivity contribution in [1.82, 2.24) is 10.2 Å². The number of rotatable bonds is 5. The molecule has 15 heavy (non-hydrogen) atoms. The first-order valence-electron chi connectivity index (χ1n) is 5.82. The SMILES string of the molecule is C#CCC(NCC)C1CN(CC)CCO1. The number of likely N-dealkylation sites (N-methyl/N-ethyl adjacent to an activating group) is 2. The second kappa shape index (κ2) is 6.84. The standard InChI is InChI=1S/C12H22N2O/c1-4-7-11(13-5-2)12-10-14(6-3)8-9-15-12/h1,11-13H,5-10H2,2-3H3. The summed E-state index contributed by atoms with van der Waals surface area (Å²) in [6.45, 7) is 9.19. The van der Waals surface area contributed by atoms with E-state index in [1.807, 2.05) is 0 Å². The quantitative estimate of drug-likeness (QED) is 0.676. The number of nitrogens with zero attached hydrogens (tertiary/aromatic N) is 1. The number of hydrogen-bond acceptors (Lipinski definition) is 3. The van der Waals surface area contributed by atoms with E-state index in [2.05, 4.69) is 30.0 Å². The van der Waals surface area contributed by atoms with Gasteiger partial charge in [-0.3, -0.25) is 4.90 Å². The van der Waals surface area contributed by atoms with Gasteiger partial charge in [-0.25, -0.2) is 0 Å². The van der Waals surface area contributed by atoms with Crippen molar-refractivity contribution in [1.29, 1.82) is 0 Å². The third kappa shape index (κ3) is 3.83. The first-order chi connectivity index (χ1) is 7.31. The Kier molecular flexibility index (Phi) is 5.70. The Balaban J connectivity index is 2.47. The molecule has 0 aliphatic carbocycles. The van der Waals surface area contributed by atoms with Crippen LogP contribution in [0.4, 0.5) is 0 Å². The maximum Gasteiger partial charge on any atom is 0.0864 e. The summed E-state index contributed by atoms with van der Waals surface area (Å²) >= 11 is 0. The Morgan fingerprint density at radius 3 is 3.00 bits per heavy atom. The molecule has 3 nitrogen and oxygen atoms in total. The van der Waals surface area contributed by atoms with Crippen LogP contribution in [0.1, 0.15) is 20.3 Å². The Morgan fingerprint density at radius 2 is 2.40 bits per heavy atom. The zero-order valence-corrected chi connectivity index (χ0v) is 9.83. The van der Waals surface area contributed by atoms with Gasteiger partial charge in [0.05, 0.1) is 12.7 Å². The maximum atomic E-state index is 5.78. The van der Waals surface area contributed by atoms with E-state index >= 15 is 0 Å². The highest BCUT2D eigenvalue weighted by Crippen LogP contribution is 2.11. The minimum atomic E-state index is 0.245. The fraction of sp³-hybridized carbons (Fsp3) is 0.833. The van der Waals surface area contributed by atoms with Crippen LogP contribution in [0, 0.1) is 12.3 Å². The third-order valence-electron chi connectivity index (χ3n) is 2.88. The monoisotopic (exact) mass is 210 g/mol. The molecule has 86 valence electrons. The molecule has 1 saturated heterocycles. The van der Waals surface area contributed by atoms with Gasteiger partial charge in [-0.05, 0) is 13.1 Å². The Morgan fingerprint density at radius 1 is 1.60 bits per heavy atom. The van der Waals surface area contributed by atoms with Crippen LogP contribution < -0.4 is 5.32 Å². The fourth-order valence-electron chi connectivity index (χ4n) is 1.99. The molecule has 0 aromatic rings. The molecule has 1 fully saturated rings. The van der Waals surface area contributed by atoms with Gasteiger partial charge in [0.2, 0.25) is 0 Å². The average molecular weight is 210 g/mol. The molecule has 1 rings (SSSR count). The van der Waals surface area contributed by atoms with Crippen LogP contribution >= 0.6 is 0 Å². The van der Waals surface area contributed by atoms with Crippen LogP contribution in [0.15, 0.2) is 0 Å². The predicted octanol–water partition coefficient (Wildman–Crippen LogP) is 0.708. The molecule has 1 heterocycles. The van der Waals surface area contributed by atoms with E-state index in [0.29, 0.717) is 6.04 Å². The molecule has 0 aromatic carbocycles. The van der Waals surface area contributed by atoms with E-state index in [1.165, 1.54) is 0 Å². The van der Waals surface area contributed by atoms with Gasteiger partial charge in [-0.2, -0.15) is 0 Å². The van der Waals surface area contributed by atoms with E-state index in [0.717, 1.165) is 39.2 Å². The van der Waals surface area contributed by atoms with Crippen molar-refractivity contribution < 1.29 is 4.74 Å². The van der Waals surface area contributed by atoms with Crippen LogP contribution in [0.2, 0.25) is 0 Å². The molecule has 3 heteroatoms. The van der Waals surface area contributed by atoms with Crippen LogP contribution in [0.5, 0.6) is 0 Å². The number of nitrogens with one attached hydrogen (secondary N) is 1. The van der Waals surface area contributed by atoms with Crippen molar-refractivity contribution in [2.45, 2.75) is 32.4 Å². The van der Waals surface area contributed by atoms with E-state index in [1.54, 1.807) is 0 Å². The molecule has 0 spiro atoms. The second-order valence-corrected chi connectivity index (χ2v) is 3.87. The Bertz CT molecular complexity index is 212. The van der Waals surface area contributed by atoms with Crippen LogP contribution in [-0.4, -0.2) is 49.8 Å². The molecule has 1 N–H and O–H groups in total.